The molecule has 1 heterocycles. The van der Waals surface area contributed by atoms with Crippen LogP contribution >= 0.6 is 27.5 Å². The summed E-state index contributed by atoms with van der Waals surface area (Å²) in [5, 5.41) is 8.62. The van der Waals surface area contributed by atoms with Gasteiger partial charge >= 0.3 is 0 Å². The van der Waals surface area contributed by atoms with Crippen LogP contribution in [0.25, 0.3) is 10.9 Å². The summed E-state index contributed by atoms with van der Waals surface area (Å²) < 4.78 is 0.901. The highest BCUT2D eigenvalue weighted by Crippen LogP contribution is 2.31. The van der Waals surface area contributed by atoms with Gasteiger partial charge in [-0.05, 0) is 34.5 Å². The van der Waals surface area contributed by atoms with Crippen molar-refractivity contribution in [3.05, 3.63) is 27.3 Å². The smallest absolute Gasteiger partial charge is 0.0691 e. The number of halogens is 2. The Morgan fingerprint density at radius 3 is 3.08 bits per heavy atom. The molecule has 0 radical (unpaired) electrons. The molecule has 0 unspecified atom stereocenters. The van der Waals surface area contributed by atoms with Crippen molar-refractivity contribution in [2.24, 2.45) is 0 Å². The second-order valence-corrected chi connectivity index (χ2v) is 3.85. The van der Waals surface area contributed by atoms with Crippen LogP contribution in [-0.4, -0.2) is 10.2 Å². The molecule has 0 atom stereocenters. The van der Waals surface area contributed by atoms with Gasteiger partial charge in [-0.2, -0.15) is 5.10 Å². The van der Waals surface area contributed by atoms with Crippen LogP contribution in [0.4, 0.5) is 0 Å². The normalized spacial score (nSPS) is 10.9. The van der Waals surface area contributed by atoms with E-state index in [1.165, 1.54) is 0 Å². The molecule has 0 aliphatic heterocycles. The first-order valence-corrected chi connectivity index (χ1v) is 4.65. The Labute approximate surface area is 83.0 Å². The third-order valence-electron chi connectivity index (χ3n) is 1.82. The maximum atomic E-state index is 5.96. The molecule has 1 N–H and O–H groups in total. The SMILES string of the molecule is Cc1cc(Cl)c(Br)c2cn[nH]c12. The Morgan fingerprint density at radius 2 is 2.33 bits per heavy atom. The predicted octanol–water partition coefficient (Wildman–Crippen LogP) is 3.29. The average Bonchev–Trinajstić information content (AvgIpc) is 2.48. The van der Waals surface area contributed by atoms with Crippen LogP contribution < -0.4 is 0 Å². The number of nitrogens with one attached hydrogen (secondary N) is 1. The molecule has 2 nitrogen and oxygen atoms in total. The van der Waals surface area contributed by atoms with Crippen molar-refractivity contribution in [1.29, 1.82) is 0 Å². The lowest BCUT2D eigenvalue weighted by Crippen LogP contribution is -1.78. The van der Waals surface area contributed by atoms with E-state index in [0.29, 0.717) is 0 Å². The zero-order valence-corrected chi connectivity index (χ0v) is 8.70. The van der Waals surface area contributed by atoms with E-state index in [1.54, 1.807) is 6.20 Å². The number of aromatic nitrogens is 2. The maximum Gasteiger partial charge on any atom is 0.0691 e. The monoisotopic (exact) mass is 244 g/mol. The molecule has 4 heteroatoms. The number of H-pyrrole nitrogens is 1. The molecule has 12 heavy (non-hydrogen) atoms. The zero-order chi connectivity index (χ0) is 8.72. The summed E-state index contributed by atoms with van der Waals surface area (Å²) in [6.45, 7) is 2.00. The van der Waals surface area contributed by atoms with Gasteiger partial charge in [0.1, 0.15) is 0 Å². The van der Waals surface area contributed by atoms with Crippen LogP contribution in [0.5, 0.6) is 0 Å². The van der Waals surface area contributed by atoms with Crippen LogP contribution in [-0.2, 0) is 0 Å². The number of rotatable bonds is 0. The van der Waals surface area contributed by atoms with E-state index in [-0.39, 0.29) is 0 Å². The van der Waals surface area contributed by atoms with Crippen molar-refractivity contribution in [2.45, 2.75) is 6.92 Å². The van der Waals surface area contributed by atoms with E-state index in [1.807, 2.05) is 13.0 Å². The van der Waals surface area contributed by atoms with E-state index in [0.717, 1.165) is 26.0 Å². The van der Waals surface area contributed by atoms with E-state index in [4.69, 9.17) is 11.6 Å². The molecule has 2 aromatic rings. The lowest BCUT2D eigenvalue weighted by molar-refractivity contribution is 1.11. The van der Waals surface area contributed by atoms with Crippen molar-refractivity contribution < 1.29 is 0 Å². The fourth-order valence-electron chi connectivity index (χ4n) is 1.21. The molecular weight excluding hydrogens is 239 g/mol. The van der Waals surface area contributed by atoms with E-state index >= 15 is 0 Å². The van der Waals surface area contributed by atoms with Crippen LogP contribution in [0.1, 0.15) is 5.56 Å². The van der Waals surface area contributed by atoms with Gasteiger partial charge in [0.15, 0.2) is 0 Å². The largest absolute Gasteiger partial charge is 0.278 e. The number of hydrogen-bond acceptors (Lipinski definition) is 1. The van der Waals surface area contributed by atoms with Gasteiger partial charge in [-0.1, -0.05) is 11.6 Å². The number of aryl methyl sites for hydroxylation is 1. The molecule has 0 aliphatic carbocycles. The fourth-order valence-corrected chi connectivity index (χ4v) is 1.89. The highest BCUT2D eigenvalue weighted by molar-refractivity contribution is 9.10. The van der Waals surface area contributed by atoms with E-state index < -0.39 is 0 Å². The third kappa shape index (κ3) is 1.04. The quantitative estimate of drug-likeness (QED) is 0.758. The first-order valence-electron chi connectivity index (χ1n) is 3.48. The van der Waals surface area contributed by atoms with E-state index in [2.05, 4.69) is 26.1 Å². The predicted molar refractivity (Wildman–Crippen MR) is 53.5 cm³/mol. The summed E-state index contributed by atoms with van der Waals surface area (Å²) in [5.74, 6) is 0. The van der Waals surface area contributed by atoms with Crippen LogP contribution in [0.2, 0.25) is 5.02 Å². The molecule has 0 aliphatic rings. The van der Waals surface area contributed by atoms with Crippen LogP contribution in [0, 0.1) is 6.92 Å². The van der Waals surface area contributed by atoms with Gasteiger partial charge in [0.25, 0.3) is 0 Å². The lowest BCUT2D eigenvalue weighted by Gasteiger charge is -1.99. The highest BCUT2D eigenvalue weighted by Gasteiger charge is 2.07. The molecule has 0 amide bonds. The van der Waals surface area contributed by atoms with Crippen molar-refractivity contribution in [1.82, 2.24) is 10.2 Å². The van der Waals surface area contributed by atoms with Gasteiger partial charge in [0.05, 0.1) is 16.7 Å². The summed E-state index contributed by atoms with van der Waals surface area (Å²) in [4.78, 5) is 0. The lowest BCUT2D eigenvalue weighted by atomic mass is 10.2. The molecule has 1 aromatic heterocycles. The Bertz CT molecular complexity index is 436. The number of aromatic amines is 1. The second kappa shape index (κ2) is 2.75. The molecule has 0 saturated heterocycles. The second-order valence-electron chi connectivity index (χ2n) is 2.65. The molecular formula is C8H6BrClN2. The standard InChI is InChI=1S/C8H6BrClN2/c1-4-2-6(10)7(9)5-3-11-12-8(4)5/h2-3H,1H3,(H,11,12). The van der Waals surface area contributed by atoms with Gasteiger partial charge < -0.3 is 0 Å². The third-order valence-corrected chi connectivity index (χ3v) is 3.20. The molecule has 0 fully saturated rings. The van der Waals surface area contributed by atoms with E-state index in [9.17, 15) is 0 Å². The number of benzene rings is 1. The Kier molecular flexibility index (Phi) is 1.85. The Hall–Kier alpha value is -0.540. The molecule has 0 spiro atoms. The minimum atomic E-state index is 0.724. The van der Waals surface area contributed by atoms with Crippen LogP contribution in [0.15, 0.2) is 16.7 Å². The van der Waals surface area contributed by atoms with Gasteiger partial charge in [0, 0.05) is 9.86 Å². The number of nitrogens with zero attached hydrogens (tertiary/aromatic N) is 1. The molecule has 1 aromatic carbocycles. The minimum Gasteiger partial charge on any atom is -0.278 e. The van der Waals surface area contributed by atoms with Crippen molar-refractivity contribution in [3.8, 4) is 0 Å². The summed E-state index contributed by atoms with van der Waals surface area (Å²) in [6.07, 6.45) is 1.76. The topological polar surface area (TPSA) is 28.7 Å². The van der Waals surface area contributed by atoms with Gasteiger partial charge in [-0.15, -0.1) is 0 Å². The Morgan fingerprint density at radius 1 is 1.58 bits per heavy atom. The number of hydrogen-bond donors (Lipinski definition) is 1. The summed E-state index contributed by atoms with van der Waals surface area (Å²) in [6, 6.07) is 1.91. The average molecular weight is 246 g/mol. The fraction of sp³-hybridized carbons (Fsp3) is 0.125. The summed E-state index contributed by atoms with van der Waals surface area (Å²) >= 11 is 9.36. The maximum absolute atomic E-state index is 5.96. The zero-order valence-electron chi connectivity index (χ0n) is 6.36. The van der Waals surface area contributed by atoms with Gasteiger partial charge in [-0.25, -0.2) is 0 Å². The molecule has 62 valence electrons. The van der Waals surface area contributed by atoms with Crippen molar-refractivity contribution in [3.63, 3.8) is 0 Å². The number of fused-ring (bicyclic) bond motifs is 1. The van der Waals surface area contributed by atoms with Crippen LogP contribution in [0.3, 0.4) is 0 Å². The molecule has 0 bridgehead atoms. The molecule has 2 rings (SSSR count). The Balaban J connectivity index is 2.97. The highest BCUT2D eigenvalue weighted by atomic mass is 79.9. The van der Waals surface area contributed by atoms with Gasteiger partial charge in [-0.3, -0.25) is 5.10 Å². The van der Waals surface area contributed by atoms with Crippen molar-refractivity contribution >= 4 is 38.4 Å². The summed E-state index contributed by atoms with van der Waals surface area (Å²) in [5.41, 5.74) is 2.14. The first kappa shape index (κ1) is 8.08. The van der Waals surface area contributed by atoms with Gasteiger partial charge in [0.2, 0.25) is 0 Å². The van der Waals surface area contributed by atoms with Crippen molar-refractivity contribution in [2.75, 3.05) is 0 Å². The summed E-state index contributed by atoms with van der Waals surface area (Å²) in [7, 11) is 0. The first-order chi connectivity index (χ1) is 5.70. The molecule has 0 saturated carbocycles. The minimum absolute atomic E-state index is 0.724.